The Kier molecular flexibility index (Phi) is 3.46. The van der Waals surface area contributed by atoms with Gasteiger partial charge in [0.25, 0.3) is 0 Å². The molecule has 0 saturated carbocycles. The lowest BCUT2D eigenvalue weighted by molar-refractivity contribution is -0.126. The molecule has 0 aliphatic rings. The van der Waals surface area contributed by atoms with Crippen molar-refractivity contribution in [1.82, 2.24) is 5.32 Å². The van der Waals surface area contributed by atoms with Crippen LogP contribution in [-0.2, 0) is 11.3 Å². The predicted molar refractivity (Wildman–Crippen MR) is 57.7 cm³/mol. The normalized spacial score (nSPS) is 10.5. The van der Waals surface area contributed by atoms with Crippen molar-refractivity contribution in [2.24, 2.45) is 5.41 Å². The molecule has 1 rings (SSSR count). The van der Waals surface area contributed by atoms with Crippen LogP contribution >= 0.6 is 0 Å². The minimum atomic E-state index is -0.964. The lowest BCUT2D eigenvalue weighted by Crippen LogP contribution is -2.35. The number of hydrogen-bond donors (Lipinski definition) is 1. The van der Waals surface area contributed by atoms with Crippen molar-refractivity contribution in [2.75, 3.05) is 0 Å². The first-order valence-corrected chi connectivity index (χ1v) is 4.80. The SMILES string of the molecule is CC(C)(C#N)C(=O)NCc1ccccc1. The number of benzene rings is 1. The van der Waals surface area contributed by atoms with Gasteiger partial charge in [-0.3, -0.25) is 4.79 Å². The molecule has 3 heteroatoms. The van der Waals surface area contributed by atoms with Crippen molar-refractivity contribution in [2.45, 2.75) is 20.4 Å². The molecule has 0 aliphatic carbocycles. The molecule has 1 aromatic carbocycles. The summed E-state index contributed by atoms with van der Waals surface area (Å²) in [6.07, 6.45) is 0. The van der Waals surface area contributed by atoms with E-state index in [-0.39, 0.29) is 5.91 Å². The van der Waals surface area contributed by atoms with E-state index in [9.17, 15) is 4.79 Å². The zero-order valence-electron chi connectivity index (χ0n) is 8.95. The van der Waals surface area contributed by atoms with E-state index in [2.05, 4.69) is 5.32 Å². The van der Waals surface area contributed by atoms with Gasteiger partial charge in [-0.1, -0.05) is 30.3 Å². The minimum absolute atomic E-state index is 0.242. The summed E-state index contributed by atoms with van der Waals surface area (Å²) in [5, 5.41) is 11.5. The Bertz CT molecular complexity index is 376. The van der Waals surface area contributed by atoms with Gasteiger partial charge in [0, 0.05) is 6.54 Å². The molecule has 15 heavy (non-hydrogen) atoms. The standard InChI is InChI=1S/C12H14N2O/c1-12(2,9-13)11(15)14-8-10-6-4-3-5-7-10/h3-7H,8H2,1-2H3,(H,14,15). The summed E-state index contributed by atoms with van der Waals surface area (Å²) in [5.41, 5.74) is 0.0639. The number of rotatable bonds is 3. The molecule has 0 heterocycles. The third kappa shape index (κ3) is 3.10. The number of nitriles is 1. The molecule has 1 aromatic rings. The summed E-state index contributed by atoms with van der Waals surface area (Å²) < 4.78 is 0. The summed E-state index contributed by atoms with van der Waals surface area (Å²) in [5.74, 6) is -0.242. The Morgan fingerprint density at radius 2 is 2.00 bits per heavy atom. The first kappa shape index (κ1) is 11.3. The van der Waals surface area contributed by atoms with E-state index in [4.69, 9.17) is 5.26 Å². The highest BCUT2D eigenvalue weighted by Gasteiger charge is 2.26. The maximum Gasteiger partial charge on any atom is 0.240 e. The van der Waals surface area contributed by atoms with E-state index in [1.54, 1.807) is 13.8 Å². The van der Waals surface area contributed by atoms with Gasteiger partial charge in [-0.25, -0.2) is 0 Å². The second-order valence-corrected chi connectivity index (χ2v) is 3.91. The molecular formula is C12H14N2O. The predicted octanol–water partition coefficient (Wildman–Crippen LogP) is 1.85. The minimum Gasteiger partial charge on any atom is -0.351 e. The van der Waals surface area contributed by atoms with Crippen molar-refractivity contribution in [3.63, 3.8) is 0 Å². The summed E-state index contributed by atoms with van der Waals surface area (Å²) in [6, 6.07) is 11.6. The monoisotopic (exact) mass is 202 g/mol. The van der Waals surface area contributed by atoms with Crippen LogP contribution in [0, 0.1) is 16.7 Å². The number of hydrogen-bond acceptors (Lipinski definition) is 2. The van der Waals surface area contributed by atoms with Crippen molar-refractivity contribution in [1.29, 1.82) is 5.26 Å². The van der Waals surface area contributed by atoms with Crippen molar-refractivity contribution in [3.05, 3.63) is 35.9 Å². The Morgan fingerprint density at radius 1 is 1.40 bits per heavy atom. The molecule has 0 fully saturated rings. The van der Waals surface area contributed by atoms with E-state index >= 15 is 0 Å². The molecule has 1 N–H and O–H groups in total. The largest absolute Gasteiger partial charge is 0.351 e. The Balaban J connectivity index is 2.53. The molecule has 1 amide bonds. The lowest BCUT2D eigenvalue weighted by Gasteiger charge is -2.14. The molecule has 3 nitrogen and oxygen atoms in total. The maximum absolute atomic E-state index is 11.5. The number of amides is 1. The average molecular weight is 202 g/mol. The zero-order valence-corrected chi connectivity index (χ0v) is 8.95. The second-order valence-electron chi connectivity index (χ2n) is 3.91. The molecule has 0 bridgehead atoms. The van der Waals surface area contributed by atoms with Crippen LogP contribution in [0.2, 0.25) is 0 Å². The Morgan fingerprint density at radius 3 is 2.53 bits per heavy atom. The van der Waals surface area contributed by atoms with Crippen molar-refractivity contribution < 1.29 is 4.79 Å². The maximum atomic E-state index is 11.5. The highest BCUT2D eigenvalue weighted by atomic mass is 16.2. The fraction of sp³-hybridized carbons (Fsp3) is 0.333. The molecule has 0 atom stereocenters. The van der Waals surface area contributed by atoms with Crippen molar-refractivity contribution >= 4 is 5.91 Å². The molecule has 0 aromatic heterocycles. The van der Waals surface area contributed by atoms with Crippen LogP contribution in [0.3, 0.4) is 0 Å². The van der Waals surface area contributed by atoms with Crippen molar-refractivity contribution in [3.8, 4) is 6.07 Å². The van der Waals surface area contributed by atoms with E-state index < -0.39 is 5.41 Å². The highest BCUT2D eigenvalue weighted by Crippen LogP contribution is 2.12. The van der Waals surface area contributed by atoms with Gasteiger partial charge in [-0.05, 0) is 19.4 Å². The topological polar surface area (TPSA) is 52.9 Å². The first-order chi connectivity index (χ1) is 7.06. The number of nitrogens with zero attached hydrogens (tertiary/aromatic N) is 1. The van der Waals surface area contributed by atoms with Gasteiger partial charge >= 0.3 is 0 Å². The van der Waals surface area contributed by atoms with Crippen LogP contribution in [0.4, 0.5) is 0 Å². The van der Waals surface area contributed by atoms with Crippen LogP contribution in [0.25, 0.3) is 0 Å². The second kappa shape index (κ2) is 4.61. The van der Waals surface area contributed by atoms with Crippen LogP contribution in [0.1, 0.15) is 19.4 Å². The van der Waals surface area contributed by atoms with Crippen LogP contribution < -0.4 is 5.32 Å². The fourth-order valence-corrected chi connectivity index (χ4v) is 1.05. The number of nitrogens with one attached hydrogen (secondary N) is 1. The molecule has 0 unspecified atom stereocenters. The Labute approximate surface area is 89.7 Å². The molecule has 78 valence electrons. The van der Waals surface area contributed by atoms with Gasteiger partial charge < -0.3 is 5.32 Å². The van der Waals surface area contributed by atoms with Gasteiger partial charge in [-0.2, -0.15) is 5.26 Å². The third-order valence-electron chi connectivity index (χ3n) is 2.14. The van der Waals surface area contributed by atoms with Gasteiger partial charge in [0.2, 0.25) is 5.91 Å². The van der Waals surface area contributed by atoms with E-state index in [0.717, 1.165) is 5.56 Å². The molecule has 0 saturated heterocycles. The lowest BCUT2D eigenvalue weighted by atomic mass is 9.95. The van der Waals surface area contributed by atoms with Gasteiger partial charge in [0.15, 0.2) is 0 Å². The quantitative estimate of drug-likeness (QED) is 0.813. The number of carbonyl (C=O) groups is 1. The summed E-state index contributed by atoms with van der Waals surface area (Å²) in [7, 11) is 0. The van der Waals surface area contributed by atoms with E-state index in [1.165, 1.54) is 0 Å². The molecular weight excluding hydrogens is 188 g/mol. The first-order valence-electron chi connectivity index (χ1n) is 4.80. The molecule has 0 aliphatic heterocycles. The van der Waals surface area contributed by atoms with Crippen LogP contribution in [0.15, 0.2) is 30.3 Å². The molecule has 0 spiro atoms. The van der Waals surface area contributed by atoms with E-state index in [1.807, 2.05) is 36.4 Å². The number of carbonyl (C=O) groups excluding carboxylic acids is 1. The van der Waals surface area contributed by atoms with Crippen LogP contribution in [-0.4, -0.2) is 5.91 Å². The highest BCUT2D eigenvalue weighted by molar-refractivity contribution is 5.84. The van der Waals surface area contributed by atoms with E-state index in [0.29, 0.717) is 6.54 Å². The average Bonchev–Trinajstić information content (AvgIpc) is 2.27. The third-order valence-corrected chi connectivity index (χ3v) is 2.14. The smallest absolute Gasteiger partial charge is 0.240 e. The van der Waals surface area contributed by atoms with Gasteiger partial charge in [0.05, 0.1) is 6.07 Å². The van der Waals surface area contributed by atoms with Gasteiger partial charge in [0.1, 0.15) is 5.41 Å². The zero-order chi connectivity index (χ0) is 11.3. The summed E-state index contributed by atoms with van der Waals surface area (Å²) in [6.45, 7) is 3.67. The summed E-state index contributed by atoms with van der Waals surface area (Å²) in [4.78, 5) is 11.5. The fourth-order valence-electron chi connectivity index (χ4n) is 1.05. The summed E-state index contributed by atoms with van der Waals surface area (Å²) >= 11 is 0. The molecule has 0 radical (unpaired) electrons. The van der Waals surface area contributed by atoms with Gasteiger partial charge in [-0.15, -0.1) is 0 Å². The van der Waals surface area contributed by atoms with Crippen LogP contribution in [0.5, 0.6) is 0 Å². The Hall–Kier alpha value is -1.82.